The Hall–Kier alpha value is 2.04. The van der Waals surface area contributed by atoms with E-state index in [2.05, 4.69) is 4.12 Å². The average Bonchev–Trinajstić information content (AvgIpc) is 1.14. The second kappa shape index (κ2) is 6.48. The maximum absolute atomic E-state index is 9.58. The molecular weight excluding hydrogens is 400 g/mol. The minimum atomic E-state index is -5.79. The van der Waals surface area contributed by atoms with E-state index in [1.165, 1.54) is 0 Å². The van der Waals surface area contributed by atoms with Crippen molar-refractivity contribution in [2.45, 2.75) is 0 Å². The van der Waals surface area contributed by atoms with Gasteiger partial charge in [-0.15, -0.1) is 9.05 Å². The molecule has 0 amide bonds. The Morgan fingerprint density at radius 2 is 1.27 bits per heavy atom. The minimum absolute atomic E-state index is 0. The van der Waals surface area contributed by atoms with Crippen LogP contribution >= 0.6 is 0 Å². The van der Waals surface area contributed by atoms with Gasteiger partial charge in [0.15, 0.2) is 0 Å². The van der Waals surface area contributed by atoms with Gasteiger partial charge in [-0.25, -0.2) is 0 Å². The molecule has 58 valence electrons. The Labute approximate surface area is 106 Å². The number of hydrogen-bond acceptors (Lipinski definition) is 7. The first kappa shape index (κ1) is 18.8. The van der Waals surface area contributed by atoms with E-state index in [4.69, 9.17) is 9.59 Å². The van der Waals surface area contributed by atoms with Gasteiger partial charge in [0, 0.05) is 0 Å². The molecule has 2 N–H and O–H groups in total. The number of hydrogen-bond donors (Lipinski definition) is 2. The van der Waals surface area contributed by atoms with Gasteiger partial charge in [0.2, 0.25) is 0 Å². The zero-order valence-corrected chi connectivity index (χ0v) is 12.9. The second-order valence-corrected chi connectivity index (χ2v) is 4.06. The molecule has 0 aliphatic rings. The predicted molar refractivity (Wildman–Crippen MR) is 22.8 cm³/mol. The smallest absolute Gasteiger partial charge is 0.862 e. The normalized spacial score (nSPS) is 11.5. The van der Waals surface area contributed by atoms with Crippen LogP contribution in [0.25, 0.3) is 0 Å². The summed E-state index contributed by atoms with van der Waals surface area (Å²) in [6, 6.07) is 0. The standard InChI is InChI=1S/Bi.Na.H2O7Si2/c;;1-8(2,3)7-9(4,5)6/h;;1-2H/q+3;+1;-4. The van der Waals surface area contributed by atoms with E-state index in [-0.39, 0.29) is 55.8 Å². The average molecular weight is 402 g/mol. The molecule has 0 fully saturated rings. The van der Waals surface area contributed by atoms with E-state index in [1.807, 2.05) is 0 Å². The van der Waals surface area contributed by atoms with Crippen LogP contribution in [0.1, 0.15) is 0 Å². The molecule has 0 saturated carbocycles. The summed E-state index contributed by atoms with van der Waals surface area (Å²) in [6.07, 6.45) is 0. The molecule has 0 spiro atoms. The van der Waals surface area contributed by atoms with Crippen LogP contribution < -0.4 is 48.7 Å². The fourth-order valence-electron chi connectivity index (χ4n) is 0.163. The molecule has 0 atom stereocenters. The molecule has 0 aromatic carbocycles. The number of rotatable bonds is 2. The first-order chi connectivity index (χ1) is 3.71. The fraction of sp³-hybridized carbons (Fsp3) is 0. The van der Waals surface area contributed by atoms with Gasteiger partial charge >= 0.3 is 64.8 Å². The molecule has 0 saturated heterocycles. The maximum Gasteiger partial charge on any atom is 3.00 e. The van der Waals surface area contributed by atoms with Gasteiger partial charge in [0.25, 0.3) is 0 Å². The van der Waals surface area contributed by atoms with E-state index < -0.39 is 18.1 Å². The molecule has 7 nitrogen and oxygen atoms in total. The minimum Gasteiger partial charge on any atom is -0.862 e. The first-order valence-electron chi connectivity index (χ1n) is 1.67. The molecule has 0 heterocycles. The second-order valence-electron chi connectivity index (χ2n) is 1.15. The molecule has 0 aliphatic heterocycles. The Kier molecular flexibility index (Phi) is 11.1. The maximum atomic E-state index is 9.58. The van der Waals surface area contributed by atoms with Crippen LogP contribution in [0.15, 0.2) is 0 Å². The summed E-state index contributed by atoms with van der Waals surface area (Å²) in [5.74, 6) is 0. The van der Waals surface area contributed by atoms with Gasteiger partial charge in [0.05, 0.1) is 0 Å². The van der Waals surface area contributed by atoms with Gasteiger partial charge in [-0.2, -0.15) is 0 Å². The summed E-state index contributed by atoms with van der Waals surface area (Å²) in [5, 5.41) is 0. The quantitative estimate of drug-likeness (QED) is 0.437. The van der Waals surface area contributed by atoms with Crippen molar-refractivity contribution in [2.24, 2.45) is 0 Å². The summed E-state index contributed by atoms with van der Waals surface area (Å²) < 4.78 is 2.79. The van der Waals surface area contributed by atoms with Crippen molar-refractivity contribution in [2.75, 3.05) is 0 Å². The molecule has 0 aliphatic carbocycles. The summed E-state index contributed by atoms with van der Waals surface area (Å²) in [5.41, 5.74) is 0. The molecule has 0 bridgehead atoms. The van der Waals surface area contributed by atoms with Crippen LogP contribution in [0.3, 0.4) is 0 Å². The molecule has 0 aromatic heterocycles. The molecule has 0 aromatic rings. The van der Waals surface area contributed by atoms with Crippen molar-refractivity contribution in [1.82, 2.24) is 0 Å². The van der Waals surface area contributed by atoms with Crippen LogP contribution in [-0.2, 0) is 4.12 Å². The third kappa shape index (κ3) is 18.8. The van der Waals surface area contributed by atoms with E-state index in [0.29, 0.717) is 0 Å². The topological polar surface area (TPSA) is 142 Å². The zero-order valence-electron chi connectivity index (χ0n) is 5.38. The van der Waals surface area contributed by atoms with E-state index in [9.17, 15) is 19.2 Å². The van der Waals surface area contributed by atoms with Gasteiger partial charge in [-0.3, -0.25) is 0 Å². The van der Waals surface area contributed by atoms with Crippen LogP contribution in [0, 0.1) is 0 Å². The third-order valence-corrected chi connectivity index (χ3v) is 2.32. The first-order valence-corrected chi connectivity index (χ1v) is 5.02. The van der Waals surface area contributed by atoms with E-state index in [0.717, 1.165) is 0 Å². The van der Waals surface area contributed by atoms with Crippen molar-refractivity contribution in [3.05, 3.63) is 0 Å². The van der Waals surface area contributed by atoms with Gasteiger partial charge in [0.1, 0.15) is 0 Å². The Morgan fingerprint density at radius 1 is 1.00 bits per heavy atom. The van der Waals surface area contributed by atoms with Crippen LogP contribution in [0.5, 0.6) is 0 Å². The summed E-state index contributed by atoms with van der Waals surface area (Å²) in [4.78, 5) is 53.3. The van der Waals surface area contributed by atoms with E-state index in [1.54, 1.807) is 0 Å². The van der Waals surface area contributed by atoms with Crippen molar-refractivity contribution in [3.8, 4) is 0 Å². The largest absolute Gasteiger partial charge is 3.00 e. The molecular formula is H2BiNaO7Si2. The summed E-state index contributed by atoms with van der Waals surface area (Å²) in [6.45, 7) is 0. The SMILES string of the molecule is [Bi+3].[Na+].[O-][Si]([O-])([O-])O[Si]([O-])(O)O. The van der Waals surface area contributed by atoms with Crippen molar-refractivity contribution in [3.63, 3.8) is 0 Å². The molecule has 2 radical (unpaired) electrons. The predicted octanol–water partition coefficient (Wildman–Crippen LogP) is -10.1. The molecule has 0 unspecified atom stereocenters. The Bertz CT molecular complexity index is 81.6. The molecule has 0 rings (SSSR count). The van der Waals surface area contributed by atoms with Crippen LogP contribution in [0.2, 0.25) is 0 Å². The van der Waals surface area contributed by atoms with E-state index >= 15 is 0 Å². The van der Waals surface area contributed by atoms with Gasteiger partial charge in [-0.05, 0) is 0 Å². The third-order valence-electron chi connectivity index (χ3n) is 0.258. The van der Waals surface area contributed by atoms with Gasteiger partial charge < -0.3 is 32.9 Å². The van der Waals surface area contributed by atoms with Crippen LogP contribution in [-0.4, -0.2) is 53.9 Å². The van der Waals surface area contributed by atoms with Crippen molar-refractivity contribution in [1.29, 1.82) is 0 Å². The molecule has 11 heavy (non-hydrogen) atoms. The van der Waals surface area contributed by atoms with Gasteiger partial charge in [-0.1, -0.05) is 0 Å². The Morgan fingerprint density at radius 3 is 1.27 bits per heavy atom. The zero-order chi connectivity index (χ0) is 7.71. The summed E-state index contributed by atoms with van der Waals surface area (Å²) >= 11 is 0. The monoisotopic (exact) mass is 402 g/mol. The molecule has 11 heteroatoms. The van der Waals surface area contributed by atoms with Crippen molar-refractivity contribution < 1.29 is 62.4 Å². The summed E-state index contributed by atoms with van der Waals surface area (Å²) in [7, 11) is -11.2. The fourth-order valence-corrected chi connectivity index (χ4v) is 1.47. The van der Waals surface area contributed by atoms with Crippen LogP contribution in [0.4, 0.5) is 0 Å². The Balaban J connectivity index is -0.000000320. The van der Waals surface area contributed by atoms with Crippen molar-refractivity contribution >= 4 is 44.3 Å².